The first kappa shape index (κ1) is 17.0. The van der Waals surface area contributed by atoms with Gasteiger partial charge in [-0.25, -0.2) is 9.78 Å². The molecular formula is C13H11F3N2O4S. The second-order valence-electron chi connectivity index (χ2n) is 4.63. The van der Waals surface area contributed by atoms with E-state index in [0.29, 0.717) is 16.5 Å². The number of amides is 1. The number of carboxylic acid groups (broad SMARTS) is 1. The lowest BCUT2D eigenvalue weighted by molar-refractivity contribution is -0.157. The zero-order valence-electron chi connectivity index (χ0n) is 11.7. The average molecular weight is 348 g/mol. The van der Waals surface area contributed by atoms with Crippen LogP contribution in [0.3, 0.4) is 0 Å². The van der Waals surface area contributed by atoms with Crippen molar-refractivity contribution in [3.05, 3.63) is 29.0 Å². The van der Waals surface area contributed by atoms with Gasteiger partial charge in [-0.1, -0.05) is 0 Å². The van der Waals surface area contributed by atoms with E-state index in [9.17, 15) is 22.8 Å². The molecule has 2 aromatic rings. The van der Waals surface area contributed by atoms with Gasteiger partial charge < -0.3 is 14.8 Å². The van der Waals surface area contributed by atoms with Crippen molar-refractivity contribution < 1.29 is 32.3 Å². The van der Waals surface area contributed by atoms with E-state index in [4.69, 9.17) is 9.52 Å². The second kappa shape index (κ2) is 6.41. The molecule has 0 aliphatic rings. The number of aryl methyl sites for hydroxylation is 1. The Kier molecular flexibility index (Phi) is 4.73. The lowest BCUT2D eigenvalue weighted by atomic mass is 10.2. The third-order valence-electron chi connectivity index (χ3n) is 2.73. The Hall–Kier alpha value is -2.36. The van der Waals surface area contributed by atoms with Crippen LogP contribution in [-0.4, -0.2) is 34.2 Å². The van der Waals surface area contributed by atoms with Crippen molar-refractivity contribution in [1.82, 2.24) is 10.3 Å². The first-order valence-corrected chi connectivity index (χ1v) is 7.16. The molecule has 0 aromatic carbocycles. The zero-order valence-corrected chi connectivity index (χ0v) is 12.5. The van der Waals surface area contributed by atoms with Gasteiger partial charge in [-0.15, -0.1) is 11.3 Å². The fourth-order valence-electron chi connectivity index (χ4n) is 1.70. The van der Waals surface area contributed by atoms with Gasteiger partial charge >= 0.3 is 12.1 Å². The number of nitrogens with one attached hydrogen (secondary N) is 1. The van der Waals surface area contributed by atoms with Crippen LogP contribution >= 0.6 is 11.3 Å². The van der Waals surface area contributed by atoms with Gasteiger partial charge in [-0.3, -0.25) is 4.79 Å². The van der Waals surface area contributed by atoms with Gasteiger partial charge in [0, 0.05) is 5.38 Å². The number of aliphatic carboxylic acids is 1. The highest BCUT2D eigenvalue weighted by Crippen LogP contribution is 2.26. The van der Waals surface area contributed by atoms with E-state index in [1.54, 1.807) is 19.1 Å². The van der Waals surface area contributed by atoms with Gasteiger partial charge in [0.25, 0.3) is 5.91 Å². The molecule has 124 valence electrons. The smallest absolute Gasteiger partial charge is 0.391 e. The van der Waals surface area contributed by atoms with E-state index >= 15 is 0 Å². The number of carbonyl (C=O) groups excluding carboxylic acids is 1. The SMILES string of the molecule is Cc1ccc(-c2nc(C(=O)NC(CC(F)(F)F)C(=O)O)cs2)o1. The fraction of sp³-hybridized carbons (Fsp3) is 0.308. The second-order valence-corrected chi connectivity index (χ2v) is 5.49. The van der Waals surface area contributed by atoms with E-state index in [1.165, 1.54) is 5.38 Å². The van der Waals surface area contributed by atoms with Crippen molar-refractivity contribution >= 4 is 23.2 Å². The molecule has 1 amide bonds. The maximum Gasteiger partial charge on any atom is 0.391 e. The number of carboxylic acids is 1. The summed E-state index contributed by atoms with van der Waals surface area (Å²) in [4.78, 5) is 26.6. The third kappa shape index (κ3) is 4.55. The van der Waals surface area contributed by atoms with Crippen molar-refractivity contribution in [2.75, 3.05) is 0 Å². The summed E-state index contributed by atoms with van der Waals surface area (Å²) in [7, 11) is 0. The fourth-order valence-corrected chi connectivity index (χ4v) is 2.46. The molecule has 2 aromatic heterocycles. The molecule has 1 unspecified atom stereocenters. The number of halogens is 3. The van der Waals surface area contributed by atoms with Crippen molar-refractivity contribution in [1.29, 1.82) is 0 Å². The average Bonchev–Trinajstić information content (AvgIpc) is 3.04. The maximum absolute atomic E-state index is 12.3. The molecule has 0 fully saturated rings. The van der Waals surface area contributed by atoms with E-state index in [0.717, 1.165) is 11.3 Å². The number of nitrogens with zero attached hydrogens (tertiary/aromatic N) is 1. The number of thiazole rings is 1. The summed E-state index contributed by atoms with van der Waals surface area (Å²) in [6.07, 6.45) is -6.38. The van der Waals surface area contributed by atoms with Crippen LogP contribution in [0.2, 0.25) is 0 Å². The third-order valence-corrected chi connectivity index (χ3v) is 3.58. The van der Waals surface area contributed by atoms with E-state index in [1.807, 2.05) is 5.32 Å². The predicted octanol–water partition coefficient (Wildman–Crippen LogP) is 2.85. The first-order chi connectivity index (χ1) is 10.7. The predicted molar refractivity (Wildman–Crippen MR) is 74.1 cm³/mol. The minimum Gasteiger partial charge on any atom is -0.480 e. The molecule has 0 saturated carbocycles. The number of aromatic nitrogens is 1. The highest BCUT2D eigenvalue weighted by Gasteiger charge is 2.36. The minimum absolute atomic E-state index is 0.174. The molecule has 2 rings (SSSR count). The zero-order chi connectivity index (χ0) is 17.2. The van der Waals surface area contributed by atoms with Gasteiger partial charge in [-0.2, -0.15) is 13.2 Å². The van der Waals surface area contributed by atoms with Gasteiger partial charge in [0.1, 0.15) is 17.5 Å². The van der Waals surface area contributed by atoms with Gasteiger partial charge in [0.2, 0.25) is 0 Å². The summed E-state index contributed by atoms with van der Waals surface area (Å²) in [5.41, 5.74) is -0.174. The summed E-state index contributed by atoms with van der Waals surface area (Å²) < 4.78 is 42.2. The molecule has 0 saturated heterocycles. The van der Waals surface area contributed by atoms with Crippen LogP contribution < -0.4 is 5.32 Å². The number of carbonyl (C=O) groups is 2. The topological polar surface area (TPSA) is 92.4 Å². The molecule has 23 heavy (non-hydrogen) atoms. The van der Waals surface area contributed by atoms with Gasteiger partial charge in [-0.05, 0) is 19.1 Å². The van der Waals surface area contributed by atoms with Gasteiger partial charge in [0.05, 0.1) is 6.42 Å². The largest absolute Gasteiger partial charge is 0.480 e. The minimum atomic E-state index is -4.71. The molecule has 2 N–H and O–H groups in total. The van der Waals surface area contributed by atoms with Crippen LogP contribution in [0.25, 0.3) is 10.8 Å². The van der Waals surface area contributed by atoms with Crippen molar-refractivity contribution in [3.63, 3.8) is 0 Å². The summed E-state index contributed by atoms with van der Waals surface area (Å²) in [6, 6.07) is 1.26. The molecule has 10 heteroatoms. The van der Waals surface area contributed by atoms with Gasteiger partial charge in [0.15, 0.2) is 10.8 Å². The van der Waals surface area contributed by atoms with Crippen molar-refractivity contribution in [2.45, 2.75) is 25.6 Å². The lowest BCUT2D eigenvalue weighted by Crippen LogP contribution is -2.43. The van der Waals surface area contributed by atoms with Crippen LogP contribution in [-0.2, 0) is 4.79 Å². The summed E-state index contributed by atoms with van der Waals surface area (Å²) in [5, 5.41) is 12.3. The molecule has 2 heterocycles. The normalized spacial score (nSPS) is 12.9. The molecule has 0 aliphatic heterocycles. The summed E-state index contributed by atoms with van der Waals surface area (Å²) in [6.45, 7) is 1.72. The van der Waals surface area contributed by atoms with Crippen LogP contribution in [0.5, 0.6) is 0 Å². The quantitative estimate of drug-likeness (QED) is 0.867. The number of hydrogen-bond donors (Lipinski definition) is 2. The van der Waals surface area contributed by atoms with Crippen LogP contribution in [0, 0.1) is 6.92 Å². The molecule has 0 bridgehead atoms. The van der Waals surface area contributed by atoms with Crippen LogP contribution in [0.1, 0.15) is 22.7 Å². The van der Waals surface area contributed by atoms with Crippen LogP contribution in [0.15, 0.2) is 21.9 Å². The van der Waals surface area contributed by atoms with E-state index in [-0.39, 0.29) is 5.69 Å². The van der Waals surface area contributed by atoms with E-state index in [2.05, 4.69) is 4.98 Å². The Bertz CT molecular complexity index is 723. The number of furan rings is 1. The Morgan fingerprint density at radius 3 is 2.65 bits per heavy atom. The standard InChI is InChI=1S/C13H11F3N2O4S/c1-6-2-3-9(22-6)11-18-8(5-23-11)10(19)17-7(12(20)21)4-13(14,15)16/h2-3,5,7H,4H2,1H3,(H,17,19)(H,20,21). The maximum atomic E-state index is 12.3. The summed E-state index contributed by atoms with van der Waals surface area (Å²) >= 11 is 1.06. The van der Waals surface area contributed by atoms with Crippen LogP contribution in [0.4, 0.5) is 13.2 Å². The Morgan fingerprint density at radius 2 is 2.13 bits per heavy atom. The molecule has 0 radical (unpaired) electrons. The molecule has 1 atom stereocenters. The molecular weight excluding hydrogens is 337 g/mol. The summed E-state index contributed by atoms with van der Waals surface area (Å²) in [5.74, 6) is -1.71. The highest BCUT2D eigenvalue weighted by molar-refractivity contribution is 7.13. The van der Waals surface area contributed by atoms with Crippen molar-refractivity contribution in [3.8, 4) is 10.8 Å². The van der Waals surface area contributed by atoms with E-state index < -0.39 is 30.5 Å². The van der Waals surface area contributed by atoms with Crippen molar-refractivity contribution in [2.24, 2.45) is 0 Å². The Morgan fingerprint density at radius 1 is 1.43 bits per heavy atom. The Balaban J connectivity index is 2.11. The number of alkyl halides is 3. The first-order valence-electron chi connectivity index (χ1n) is 6.28. The monoisotopic (exact) mass is 348 g/mol. The highest BCUT2D eigenvalue weighted by atomic mass is 32.1. The molecule has 0 aliphatic carbocycles. The molecule has 0 spiro atoms. The number of rotatable bonds is 5. The Labute approximate surface area is 131 Å². The molecule has 6 nitrogen and oxygen atoms in total. The lowest BCUT2D eigenvalue weighted by Gasteiger charge is -2.15. The number of hydrogen-bond acceptors (Lipinski definition) is 5.